The first kappa shape index (κ1) is 15.4. The zero-order valence-electron chi connectivity index (χ0n) is 12.5. The third-order valence-corrected chi connectivity index (χ3v) is 5.55. The Morgan fingerprint density at radius 1 is 1.40 bits per heavy atom. The summed E-state index contributed by atoms with van der Waals surface area (Å²) in [5.74, 6) is 0.360. The predicted molar refractivity (Wildman–Crippen MR) is 79.4 cm³/mol. The zero-order chi connectivity index (χ0) is 14.9. The van der Waals surface area contributed by atoms with Crippen molar-refractivity contribution in [2.45, 2.75) is 45.7 Å². The van der Waals surface area contributed by atoms with E-state index in [4.69, 9.17) is 0 Å². The standard InChI is InChI=1S/C14H23N3O2S/c1-10(2)17(4)20(18,19)16-14(12-7-8-12)13-11(3)6-5-9-15-13/h5-6,9-10,12,14,16H,7-8H2,1-4H3/t14-/m1/s1. The minimum absolute atomic E-state index is 0.0721. The van der Waals surface area contributed by atoms with E-state index >= 15 is 0 Å². The van der Waals surface area contributed by atoms with Gasteiger partial charge >= 0.3 is 0 Å². The highest BCUT2D eigenvalue weighted by Crippen LogP contribution is 2.41. The van der Waals surface area contributed by atoms with Gasteiger partial charge in [-0.25, -0.2) is 0 Å². The van der Waals surface area contributed by atoms with Crippen molar-refractivity contribution in [3.8, 4) is 0 Å². The lowest BCUT2D eigenvalue weighted by Crippen LogP contribution is -2.44. The van der Waals surface area contributed by atoms with E-state index in [1.165, 1.54) is 4.31 Å². The Bertz CT molecular complexity index is 568. The molecule has 1 aromatic heterocycles. The predicted octanol–water partition coefficient (Wildman–Crippen LogP) is 2.02. The second kappa shape index (κ2) is 5.79. The van der Waals surface area contributed by atoms with Crippen LogP contribution in [0.15, 0.2) is 18.3 Å². The summed E-state index contributed by atoms with van der Waals surface area (Å²) in [6.07, 6.45) is 3.82. The molecule has 0 aliphatic heterocycles. The van der Waals surface area contributed by atoms with Gasteiger partial charge in [-0.3, -0.25) is 4.98 Å². The topological polar surface area (TPSA) is 62.3 Å². The molecule has 1 heterocycles. The second-order valence-electron chi connectivity index (χ2n) is 5.75. The van der Waals surface area contributed by atoms with Crippen LogP contribution in [0.2, 0.25) is 0 Å². The molecule has 0 spiro atoms. The fourth-order valence-corrected chi connectivity index (χ4v) is 3.50. The molecule has 0 amide bonds. The number of pyridine rings is 1. The highest BCUT2D eigenvalue weighted by molar-refractivity contribution is 7.87. The van der Waals surface area contributed by atoms with Gasteiger partial charge in [-0.15, -0.1) is 0 Å². The van der Waals surface area contributed by atoms with E-state index in [2.05, 4.69) is 9.71 Å². The molecule has 0 saturated heterocycles. The molecule has 0 bridgehead atoms. The van der Waals surface area contributed by atoms with E-state index in [9.17, 15) is 8.42 Å². The zero-order valence-corrected chi connectivity index (χ0v) is 13.3. The lowest BCUT2D eigenvalue weighted by molar-refractivity contribution is 0.391. The van der Waals surface area contributed by atoms with Crippen LogP contribution in [0.5, 0.6) is 0 Å². The molecule has 2 rings (SSSR count). The fourth-order valence-electron chi connectivity index (χ4n) is 2.15. The van der Waals surface area contributed by atoms with Crippen LogP contribution in [0.4, 0.5) is 0 Å². The molecule has 1 aliphatic carbocycles. The molecule has 20 heavy (non-hydrogen) atoms. The van der Waals surface area contributed by atoms with E-state index in [-0.39, 0.29) is 12.1 Å². The SMILES string of the molecule is Cc1cccnc1[C@H](NS(=O)(=O)N(C)C(C)C)C1CC1. The first-order chi connectivity index (χ1) is 9.33. The van der Waals surface area contributed by atoms with Crippen molar-refractivity contribution in [1.29, 1.82) is 0 Å². The van der Waals surface area contributed by atoms with Crippen LogP contribution in [0.3, 0.4) is 0 Å². The Balaban J connectivity index is 2.26. The smallest absolute Gasteiger partial charge is 0.259 e. The summed E-state index contributed by atoms with van der Waals surface area (Å²) in [5, 5.41) is 0. The third kappa shape index (κ3) is 3.37. The molecule has 0 unspecified atom stereocenters. The van der Waals surface area contributed by atoms with E-state index in [1.807, 2.05) is 32.9 Å². The van der Waals surface area contributed by atoms with Crippen LogP contribution in [-0.4, -0.2) is 30.8 Å². The van der Waals surface area contributed by atoms with Gasteiger partial charge in [0.1, 0.15) is 0 Å². The van der Waals surface area contributed by atoms with Crippen LogP contribution in [0.25, 0.3) is 0 Å². The van der Waals surface area contributed by atoms with Crippen molar-refractivity contribution in [2.75, 3.05) is 7.05 Å². The summed E-state index contributed by atoms with van der Waals surface area (Å²) < 4.78 is 29.0. The largest absolute Gasteiger partial charge is 0.280 e. The highest BCUT2D eigenvalue weighted by atomic mass is 32.2. The fraction of sp³-hybridized carbons (Fsp3) is 0.643. The Morgan fingerprint density at radius 3 is 2.55 bits per heavy atom. The number of nitrogens with one attached hydrogen (secondary N) is 1. The molecule has 1 N–H and O–H groups in total. The Morgan fingerprint density at radius 2 is 2.05 bits per heavy atom. The van der Waals surface area contributed by atoms with E-state index < -0.39 is 10.2 Å². The van der Waals surface area contributed by atoms with Gasteiger partial charge in [0.25, 0.3) is 10.2 Å². The molecule has 0 aromatic carbocycles. The van der Waals surface area contributed by atoms with Crippen LogP contribution in [-0.2, 0) is 10.2 Å². The maximum Gasteiger partial charge on any atom is 0.280 e. The molecular weight excluding hydrogens is 274 g/mol. The molecule has 1 fully saturated rings. The molecule has 5 nitrogen and oxygen atoms in total. The van der Waals surface area contributed by atoms with Gasteiger partial charge in [0.05, 0.1) is 11.7 Å². The molecule has 1 saturated carbocycles. The average Bonchev–Trinajstić information content (AvgIpc) is 3.20. The lowest BCUT2D eigenvalue weighted by atomic mass is 10.1. The second-order valence-corrected chi connectivity index (χ2v) is 7.52. The number of hydrogen-bond acceptors (Lipinski definition) is 3. The first-order valence-electron chi connectivity index (χ1n) is 6.99. The number of aryl methyl sites for hydroxylation is 1. The summed E-state index contributed by atoms with van der Waals surface area (Å²) in [6, 6.07) is 3.55. The molecule has 1 aliphatic rings. The monoisotopic (exact) mass is 297 g/mol. The van der Waals surface area contributed by atoms with Crippen molar-refractivity contribution in [3.63, 3.8) is 0 Å². The summed E-state index contributed by atoms with van der Waals surface area (Å²) in [4.78, 5) is 4.38. The Kier molecular flexibility index (Phi) is 4.46. The molecule has 1 atom stereocenters. The summed E-state index contributed by atoms with van der Waals surface area (Å²) in [5.41, 5.74) is 1.87. The van der Waals surface area contributed by atoms with Crippen molar-refractivity contribution < 1.29 is 8.42 Å². The van der Waals surface area contributed by atoms with Gasteiger partial charge in [0.2, 0.25) is 0 Å². The van der Waals surface area contributed by atoms with Gasteiger partial charge < -0.3 is 0 Å². The number of aromatic nitrogens is 1. The normalized spacial score (nSPS) is 17.7. The average molecular weight is 297 g/mol. The summed E-state index contributed by atoms with van der Waals surface area (Å²) >= 11 is 0. The maximum atomic E-state index is 12.4. The van der Waals surface area contributed by atoms with Crippen LogP contribution in [0, 0.1) is 12.8 Å². The molecule has 0 radical (unpaired) electrons. The maximum absolute atomic E-state index is 12.4. The van der Waals surface area contributed by atoms with Gasteiger partial charge in [-0.2, -0.15) is 17.4 Å². The van der Waals surface area contributed by atoms with Gasteiger partial charge in [0, 0.05) is 19.3 Å². The number of rotatable bonds is 6. The lowest BCUT2D eigenvalue weighted by Gasteiger charge is -2.26. The van der Waals surface area contributed by atoms with Crippen LogP contribution in [0.1, 0.15) is 44.0 Å². The van der Waals surface area contributed by atoms with Gasteiger partial charge in [0.15, 0.2) is 0 Å². The van der Waals surface area contributed by atoms with Gasteiger partial charge in [-0.05, 0) is 51.2 Å². The minimum atomic E-state index is -3.49. The molecular formula is C14H23N3O2S. The minimum Gasteiger partial charge on any atom is -0.259 e. The molecule has 1 aromatic rings. The van der Waals surface area contributed by atoms with Crippen molar-refractivity contribution >= 4 is 10.2 Å². The number of nitrogens with zero attached hydrogens (tertiary/aromatic N) is 2. The van der Waals surface area contributed by atoms with Crippen LogP contribution < -0.4 is 4.72 Å². The summed E-state index contributed by atoms with van der Waals surface area (Å²) in [6.45, 7) is 5.69. The van der Waals surface area contributed by atoms with E-state index in [0.717, 1.165) is 24.1 Å². The number of hydrogen-bond donors (Lipinski definition) is 1. The van der Waals surface area contributed by atoms with E-state index in [1.54, 1.807) is 13.2 Å². The van der Waals surface area contributed by atoms with Gasteiger partial charge in [-0.1, -0.05) is 6.07 Å². The van der Waals surface area contributed by atoms with Crippen LogP contribution >= 0.6 is 0 Å². The van der Waals surface area contributed by atoms with Crippen molar-refractivity contribution in [1.82, 2.24) is 14.0 Å². The van der Waals surface area contributed by atoms with Crippen molar-refractivity contribution in [2.24, 2.45) is 5.92 Å². The summed E-state index contributed by atoms with van der Waals surface area (Å²) in [7, 11) is -1.89. The Hall–Kier alpha value is -0.980. The first-order valence-corrected chi connectivity index (χ1v) is 8.43. The van der Waals surface area contributed by atoms with Crippen molar-refractivity contribution in [3.05, 3.63) is 29.6 Å². The molecule has 112 valence electrons. The highest BCUT2D eigenvalue weighted by Gasteiger charge is 2.37. The Labute approximate surface area is 121 Å². The van der Waals surface area contributed by atoms with E-state index in [0.29, 0.717) is 5.92 Å². The third-order valence-electron chi connectivity index (χ3n) is 3.82. The quantitative estimate of drug-likeness (QED) is 0.873. The molecule has 6 heteroatoms.